The first-order valence-corrected chi connectivity index (χ1v) is 7.14. The van der Waals surface area contributed by atoms with Crippen LogP contribution in [0.4, 0.5) is 11.4 Å². The predicted octanol–water partition coefficient (Wildman–Crippen LogP) is 2.15. The first-order chi connectivity index (χ1) is 7.49. The second-order valence-electron chi connectivity index (χ2n) is 4.20. The smallest absolute Gasteiger partial charge is 0.0576 e. The van der Waals surface area contributed by atoms with Gasteiger partial charge in [0.25, 0.3) is 0 Å². The zero-order valence-electron chi connectivity index (χ0n) is 10.1. The molecule has 1 rings (SSSR count). The highest BCUT2D eigenvalue weighted by atomic mass is 32.2. The van der Waals surface area contributed by atoms with E-state index in [1.54, 1.807) is 6.26 Å². The lowest BCUT2D eigenvalue weighted by Gasteiger charge is -2.16. The molecule has 90 valence electrons. The maximum absolute atomic E-state index is 11.0. The number of hydrogen-bond acceptors (Lipinski definition) is 3. The summed E-state index contributed by atoms with van der Waals surface area (Å²) in [7, 11) is -0.724. The van der Waals surface area contributed by atoms with Crippen molar-refractivity contribution in [2.45, 2.75) is 26.3 Å². The molecule has 3 nitrogen and oxygen atoms in total. The van der Waals surface area contributed by atoms with Crippen molar-refractivity contribution in [2.24, 2.45) is 0 Å². The average Bonchev–Trinajstić information content (AvgIpc) is 2.19. The minimum atomic E-state index is -0.724. The summed E-state index contributed by atoms with van der Waals surface area (Å²) in [5.74, 6) is 0.722. The SMILES string of the molecule is Cc1ccc(NC(C)CCS(C)=O)c(N)c1. The number of nitrogens with two attached hydrogens (primary N) is 1. The Labute approximate surface area is 99.9 Å². The predicted molar refractivity (Wildman–Crippen MR) is 72.2 cm³/mol. The zero-order valence-corrected chi connectivity index (χ0v) is 10.9. The molecule has 0 saturated carbocycles. The fourth-order valence-electron chi connectivity index (χ4n) is 1.49. The molecular formula is C12H20N2OS. The number of rotatable bonds is 5. The topological polar surface area (TPSA) is 55.1 Å². The molecule has 0 saturated heterocycles. The van der Waals surface area contributed by atoms with Gasteiger partial charge >= 0.3 is 0 Å². The highest BCUT2D eigenvalue weighted by molar-refractivity contribution is 7.84. The number of hydrogen-bond donors (Lipinski definition) is 2. The van der Waals surface area contributed by atoms with Gasteiger partial charge in [-0.3, -0.25) is 4.21 Å². The van der Waals surface area contributed by atoms with Crippen LogP contribution < -0.4 is 11.1 Å². The van der Waals surface area contributed by atoms with Crippen LogP contribution in [0, 0.1) is 6.92 Å². The van der Waals surface area contributed by atoms with Crippen molar-refractivity contribution in [3.05, 3.63) is 23.8 Å². The summed E-state index contributed by atoms with van der Waals surface area (Å²) < 4.78 is 11.0. The fourth-order valence-corrected chi connectivity index (χ4v) is 2.18. The van der Waals surface area contributed by atoms with E-state index in [0.717, 1.165) is 29.1 Å². The van der Waals surface area contributed by atoms with E-state index in [4.69, 9.17) is 5.73 Å². The molecule has 0 bridgehead atoms. The fraction of sp³-hybridized carbons (Fsp3) is 0.500. The van der Waals surface area contributed by atoms with Gasteiger partial charge in [-0.05, 0) is 38.0 Å². The highest BCUT2D eigenvalue weighted by Gasteiger charge is 2.05. The van der Waals surface area contributed by atoms with Gasteiger partial charge in [-0.15, -0.1) is 0 Å². The Kier molecular flexibility index (Phi) is 4.80. The maximum atomic E-state index is 11.0. The third kappa shape index (κ3) is 4.23. The first kappa shape index (κ1) is 13.0. The Morgan fingerprint density at radius 2 is 2.19 bits per heavy atom. The van der Waals surface area contributed by atoms with Crippen molar-refractivity contribution in [2.75, 3.05) is 23.1 Å². The highest BCUT2D eigenvalue weighted by Crippen LogP contribution is 2.20. The summed E-state index contributed by atoms with van der Waals surface area (Å²) in [5, 5.41) is 3.33. The van der Waals surface area contributed by atoms with Crippen LogP contribution in [0.3, 0.4) is 0 Å². The molecule has 0 spiro atoms. The number of aryl methyl sites for hydroxylation is 1. The summed E-state index contributed by atoms with van der Waals surface area (Å²) >= 11 is 0. The maximum Gasteiger partial charge on any atom is 0.0576 e. The van der Waals surface area contributed by atoms with E-state index in [1.165, 1.54) is 0 Å². The summed E-state index contributed by atoms with van der Waals surface area (Å²) in [5.41, 5.74) is 8.79. The van der Waals surface area contributed by atoms with E-state index in [-0.39, 0.29) is 6.04 Å². The summed E-state index contributed by atoms with van der Waals surface area (Å²) in [6.07, 6.45) is 2.61. The van der Waals surface area contributed by atoms with Crippen LogP contribution in [0.5, 0.6) is 0 Å². The van der Waals surface area contributed by atoms with Crippen LogP contribution >= 0.6 is 0 Å². The molecule has 0 amide bonds. The Morgan fingerprint density at radius 3 is 2.75 bits per heavy atom. The normalized spacial score (nSPS) is 14.4. The summed E-state index contributed by atoms with van der Waals surface area (Å²) in [6.45, 7) is 4.09. The van der Waals surface area contributed by atoms with Gasteiger partial charge in [-0.1, -0.05) is 6.07 Å². The van der Waals surface area contributed by atoms with E-state index in [0.29, 0.717) is 0 Å². The number of nitrogens with one attached hydrogen (secondary N) is 1. The molecule has 0 aromatic heterocycles. The first-order valence-electron chi connectivity index (χ1n) is 5.41. The van der Waals surface area contributed by atoms with Crippen molar-refractivity contribution in [1.82, 2.24) is 0 Å². The second-order valence-corrected chi connectivity index (χ2v) is 5.76. The molecular weight excluding hydrogens is 220 g/mol. The lowest BCUT2D eigenvalue weighted by molar-refractivity contribution is 0.678. The standard InChI is InChI=1S/C12H20N2OS/c1-9-4-5-12(11(13)8-9)14-10(2)6-7-16(3)15/h4-5,8,10,14H,6-7,13H2,1-3H3. The Hall–Kier alpha value is -1.03. The number of anilines is 2. The third-order valence-corrected chi connectivity index (χ3v) is 3.26. The summed E-state index contributed by atoms with van der Waals surface area (Å²) in [4.78, 5) is 0. The van der Waals surface area contributed by atoms with Gasteiger partial charge < -0.3 is 11.1 Å². The molecule has 0 heterocycles. The van der Waals surface area contributed by atoms with Gasteiger partial charge in [0.15, 0.2) is 0 Å². The Morgan fingerprint density at radius 1 is 1.50 bits per heavy atom. The van der Waals surface area contributed by atoms with Crippen LogP contribution in [0.1, 0.15) is 18.9 Å². The summed E-state index contributed by atoms with van der Waals surface area (Å²) in [6, 6.07) is 6.26. The molecule has 0 aliphatic heterocycles. The average molecular weight is 240 g/mol. The monoisotopic (exact) mass is 240 g/mol. The molecule has 0 radical (unpaired) electrons. The van der Waals surface area contributed by atoms with Crippen molar-refractivity contribution < 1.29 is 4.21 Å². The van der Waals surface area contributed by atoms with Crippen LogP contribution in [0.2, 0.25) is 0 Å². The molecule has 0 aliphatic carbocycles. The van der Waals surface area contributed by atoms with Gasteiger partial charge in [0, 0.05) is 28.9 Å². The van der Waals surface area contributed by atoms with Crippen molar-refractivity contribution >= 4 is 22.2 Å². The molecule has 1 aromatic rings. The molecule has 2 unspecified atom stereocenters. The zero-order chi connectivity index (χ0) is 12.1. The number of nitrogen functional groups attached to an aromatic ring is 1. The largest absolute Gasteiger partial charge is 0.397 e. The molecule has 0 fully saturated rings. The molecule has 4 heteroatoms. The minimum absolute atomic E-state index is 0.286. The van der Waals surface area contributed by atoms with Gasteiger partial charge in [0.1, 0.15) is 0 Å². The van der Waals surface area contributed by atoms with Gasteiger partial charge in [0.2, 0.25) is 0 Å². The second kappa shape index (κ2) is 5.89. The van der Waals surface area contributed by atoms with Crippen LogP contribution in [-0.4, -0.2) is 22.3 Å². The van der Waals surface area contributed by atoms with Gasteiger partial charge in [0.05, 0.1) is 11.4 Å². The van der Waals surface area contributed by atoms with E-state index in [1.807, 2.05) is 25.1 Å². The minimum Gasteiger partial charge on any atom is -0.397 e. The molecule has 2 atom stereocenters. The van der Waals surface area contributed by atoms with Crippen LogP contribution in [-0.2, 0) is 10.8 Å². The lowest BCUT2D eigenvalue weighted by atomic mass is 10.1. The molecule has 16 heavy (non-hydrogen) atoms. The van der Waals surface area contributed by atoms with E-state index < -0.39 is 10.8 Å². The van der Waals surface area contributed by atoms with Crippen molar-refractivity contribution in [3.63, 3.8) is 0 Å². The quantitative estimate of drug-likeness (QED) is 0.775. The van der Waals surface area contributed by atoms with Crippen molar-refractivity contribution in [1.29, 1.82) is 0 Å². The van der Waals surface area contributed by atoms with E-state index in [2.05, 4.69) is 12.2 Å². The third-order valence-electron chi connectivity index (χ3n) is 2.45. The molecule has 0 aliphatic rings. The van der Waals surface area contributed by atoms with Crippen LogP contribution in [0.25, 0.3) is 0 Å². The van der Waals surface area contributed by atoms with E-state index >= 15 is 0 Å². The van der Waals surface area contributed by atoms with E-state index in [9.17, 15) is 4.21 Å². The lowest BCUT2D eigenvalue weighted by Crippen LogP contribution is -2.18. The van der Waals surface area contributed by atoms with Gasteiger partial charge in [-0.2, -0.15) is 0 Å². The molecule has 1 aromatic carbocycles. The van der Waals surface area contributed by atoms with Crippen molar-refractivity contribution in [3.8, 4) is 0 Å². The number of benzene rings is 1. The van der Waals surface area contributed by atoms with Crippen LogP contribution in [0.15, 0.2) is 18.2 Å². The Balaban J connectivity index is 2.55. The van der Waals surface area contributed by atoms with Gasteiger partial charge in [-0.25, -0.2) is 0 Å². The Bertz CT molecular complexity index is 379. The molecule has 3 N–H and O–H groups in total.